The van der Waals surface area contributed by atoms with Gasteiger partial charge < -0.3 is 19.3 Å². The molecule has 1 heterocycles. The Bertz CT molecular complexity index is 950. The first kappa shape index (κ1) is 20.0. The molecule has 1 aromatic heterocycles. The minimum atomic E-state index is -0.313. The Morgan fingerprint density at radius 1 is 1.13 bits per heavy atom. The quantitative estimate of drug-likeness (QED) is 0.677. The third-order valence-corrected chi connectivity index (χ3v) is 7.01. The molecule has 0 atom stereocenters. The number of hydrogen-bond acceptors (Lipinski definition) is 7. The van der Waals surface area contributed by atoms with Gasteiger partial charge in [-0.25, -0.2) is 0 Å². The van der Waals surface area contributed by atoms with Crippen LogP contribution in [0.15, 0.2) is 28.8 Å². The SMILES string of the molecule is COc1ccccc1NC(=O)Cc1noc(COC(=O)C23CC4CC(CC(C4)C2)C3)n1. The zero-order chi connectivity index (χ0) is 21.4. The van der Waals surface area contributed by atoms with E-state index in [-0.39, 0.29) is 42.0 Å². The van der Waals surface area contributed by atoms with Crippen molar-refractivity contribution in [1.29, 1.82) is 0 Å². The van der Waals surface area contributed by atoms with Crippen molar-refractivity contribution in [1.82, 2.24) is 10.1 Å². The number of ether oxygens (including phenoxy) is 2. The summed E-state index contributed by atoms with van der Waals surface area (Å²) in [6.07, 6.45) is 6.63. The zero-order valence-electron chi connectivity index (χ0n) is 17.6. The number of anilines is 1. The number of esters is 1. The first-order valence-corrected chi connectivity index (χ1v) is 10.9. The largest absolute Gasteiger partial charge is 0.495 e. The van der Waals surface area contributed by atoms with Crippen molar-refractivity contribution < 1.29 is 23.6 Å². The van der Waals surface area contributed by atoms with Crippen LogP contribution in [0, 0.1) is 23.2 Å². The normalized spacial score (nSPS) is 28.4. The Morgan fingerprint density at radius 3 is 2.48 bits per heavy atom. The molecule has 4 aliphatic rings. The predicted molar refractivity (Wildman–Crippen MR) is 110 cm³/mol. The van der Waals surface area contributed by atoms with E-state index in [1.54, 1.807) is 19.2 Å². The highest BCUT2D eigenvalue weighted by molar-refractivity contribution is 5.93. The molecule has 1 aromatic carbocycles. The Morgan fingerprint density at radius 2 is 1.81 bits per heavy atom. The van der Waals surface area contributed by atoms with Crippen LogP contribution in [0.4, 0.5) is 5.69 Å². The van der Waals surface area contributed by atoms with E-state index < -0.39 is 0 Å². The number of hydrogen-bond donors (Lipinski definition) is 1. The summed E-state index contributed by atoms with van der Waals surface area (Å²) >= 11 is 0. The monoisotopic (exact) mass is 425 g/mol. The van der Waals surface area contributed by atoms with Crippen LogP contribution in [0.25, 0.3) is 0 Å². The molecule has 4 fully saturated rings. The van der Waals surface area contributed by atoms with E-state index >= 15 is 0 Å². The van der Waals surface area contributed by atoms with E-state index in [9.17, 15) is 9.59 Å². The molecule has 8 nitrogen and oxygen atoms in total. The van der Waals surface area contributed by atoms with Gasteiger partial charge in [0.2, 0.25) is 5.91 Å². The zero-order valence-corrected chi connectivity index (χ0v) is 17.6. The molecule has 4 saturated carbocycles. The van der Waals surface area contributed by atoms with E-state index in [1.165, 1.54) is 19.3 Å². The van der Waals surface area contributed by atoms with Gasteiger partial charge in [0.15, 0.2) is 12.4 Å². The molecule has 0 aliphatic heterocycles. The summed E-state index contributed by atoms with van der Waals surface area (Å²) in [4.78, 5) is 29.4. The maximum atomic E-state index is 12.9. The van der Waals surface area contributed by atoms with E-state index in [0.717, 1.165) is 19.3 Å². The summed E-state index contributed by atoms with van der Waals surface area (Å²) in [6, 6.07) is 7.15. The number of para-hydroxylation sites is 2. The van der Waals surface area contributed by atoms with Gasteiger partial charge in [0.25, 0.3) is 5.89 Å². The van der Waals surface area contributed by atoms with Crippen molar-refractivity contribution in [3.05, 3.63) is 36.0 Å². The molecule has 4 aliphatic carbocycles. The lowest BCUT2D eigenvalue weighted by atomic mass is 9.49. The Hall–Kier alpha value is -2.90. The average molecular weight is 425 g/mol. The second kappa shape index (κ2) is 7.98. The number of rotatable bonds is 7. The van der Waals surface area contributed by atoms with Crippen LogP contribution in [0.3, 0.4) is 0 Å². The Balaban J connectivity index is 1.15. The lowest BCUT2D eigenvalue weighted by molar-refractivity contribution is -0.173. The number of carbonyl (C=O) groups excluding carboxylic acids is 2. The molecule has 2 aromatic rings. The highest BCUT2D eigenvalue weighted by Crippen LogP contribution is 2.60. The average Bonchev–Trinajstić information content (AvgIpc) is 3.18. The summed E-state index contributed by atoms with van der Waals surface area (Å²) in [5.74, 6) is 2.64. The molecule has 0 radical (unpaired) electrons. The van der Waals surface area contributed by atoms with Crippen LogP contribution >= 0.6 is 0 Å². The van der Waals surface area contributed by atoms with Crippen molar-refractivity contribution in [2.24, 2.45) is 23.2 Å². The number of benzene rings is 1. The standard InChI is InChI=1S/C23H27N3O5/c1-29-18-5-3-2-4-17(18)24-20(27)9-19-25-21(31-26-19)13-30-22(28)23-10-14-6-15(11-23)8-16(7-14)12-23/h2-5,14-16H,6-13H2,1H3,(H,24,27). The molecular formula is C23H27N3O5. The van der Waals surface area contributed by atoms with Crippen LogP contribution < -0.4 is 10.1 Å². The van der Waals surface area contributed by atoms with Gasteiger partial charge >= 0.3 is 5.97 Å². The van der Waals surface area contributed by atoms with Crippen LogP contribution in [0.5, 0.6) is 5.75 Å². The molecule has 8 heteroatoms. The van der Waals surface area contributed by atoms with Gasteiger partial charge in [0, 0.05) is 0 Å². The molecule has 0 saturated heterocycles. The molecular weight excluding hydrogens is 398 g/mol. The lowest BCUT2D eigenvalue weighted by Crippen LogP contribution is -2.50. The molecule has 1 amide bonds. The molecule has 31 heavy (non-hydrogen) atoms. The fraction of sp³-hybridized carbons (Fsp3) is 0.565. The van der Waals surface area contributed by atoms with Crippen molar-refractivity contribution in [2.45, 2.75) is 51.6 Å². The molecule has 6 rings (SSSR count). The smallest absolute Gasteiger partial charge is 0.312 e. The number of nitrogens with zero attached hydrogens (tertiary/aromatic N) is 2. The fourth-order valence-corrected chi connectivity index (χ4v) is 6.15. The topological polar surface area (TPSA) is 104 Å². The predicted octanol–water partition coefficient (Wildman–Crippen LogP) is 3.52. The third kappa shape index (κ3) is 4.03. The molecule has 164 valence electrons. The van der Waals surface area contributed by atoms with Crippen LogP contribution in [0.1, 0.15) is 50.2 Å². The third-order valence-electron chi connectivity index (χ3n) is 7.01. The number of amides is 1. The minimum absolute atomic E-state index is 0.0511. The maximum absolute atomic E-state index is 12.9. The first-order chi connectivity index (χ1) is 15.0. The lowest BCUT2D eigenvalue weighted by Gasteiger charge is -2.55. The van der Waals surface area contributed by atoms with Crippen LogP contribution in [-0.2, 0) is 27.4 Å². The number of aromatic nitrogens is 2. The minimum Gasteiger partial charge on any atom is -0.495 e. The molecule has 1 N–H and O–H groups in total. The highest BCUT2D eigenvalue weighted by Gasteiger charge is 2.55. The van der Waals surface area contributed by atoms with Crippen LogP contribution in [0.2, 0.25) is 0 Å². The summed E-state index contributed by atoms with van der Waals surface area (Å²) < 4.78 is 16.0. The van der Waals surface area contributed by atoms with Gasteiger partial charge in [-0.15, -0.1) is 0 Å². The number of methoxy groups -OCH3 is 1. The highest BCUT2D eigenvalue weighted by atomic mass is 16.6. The Labute approximate surface area is 180 Å². The number of nitrogens with one attached hydrogen (secondary N) is 1. The van der Waals surface area contributed by atoms with Crippen molar-refractivity contribution in [2.75, 3.05) is 12.4 Å². The van der Waals surface area contributed by atoms with Gasteiger partial charge in [0.1, 0.15) is 5.75 Å². The maximum Gasteiger partial charge on any atom is 0.312 e. The first-order valence-electron chi connectivity index (χ1n) is 10.9. The second-order valence-electron chi connectivity index (χ2n) is 9.30. The van der Waals surface area contributed by atoms with E-state index in [0.29, 0.717) is 29.2 Å². The van der Waals surface area contributed by atoms with Crippen molar-refractivity contribution in [3.63, 3.8) is 0 Å². The summed E-state index contributed by atoms with van der Waals surface area (Å²) in [5, 5.41) is 6.61. The van der Waals surface area contributed by atoms with Gasteiger partial charge in [0.05, 0.1) is 24.6 Å². The number of carbonyl (C=O) groups is 2. The fourth-order valence-electron chi connectivity index (χ4n) is 6.15. The van der Waals surface area contributed by atoms with Gasteiger partial charge in [-0.3, -0.25) is 9.59 Å². The van der Waals surface area contributed by atoms with E-state index in [2.05, 4.69) is 15.5 Å². The summed E-state index contributed by atoms with van der Waals surface area (Å²) in [6.45, 7) is -0.0539. The molecule has 0 spiro atoms. The molecule has 4 bridgehead atoms. The van der Waals surface area contributed by atoms with Crippen molar-refractivity contribution in [3.8, 4) is 5.75 Å². The summed E-state index contributed by atoms with van der Waals surface area (Å²) in [7, 11) is 1.54. The summed E-state index contributed by atoms with van der Waals surface area (Å²) in [5.41, 5.74) is 0.259. The van der Waals surface area contributed by atoms with Gasteiger partial charge in [-0.05, 0) is 68.4 Å². The Kier molecular flexibility index (Phi) is 5.16. The van der Waals surface area contributed by atoms with Crippen LogP contribution in [-0.4, -0.2) is 29.1 Å². The van der Waals surface area contributed by atoms with Gasteiger partial charge in [-0.1, -0.05) is 17.3 Å². The van der Waals surface area contributed by atoms with E-state index in [4.69, 9.17) is 14.0 Å². The second-order valence-corrected chi connectivity index (χ2v) is 9.30. The van der Waals surface area contributed by atoms with E-state index in [1.807, 2.05) is 12.1 Å². The van der Waals surface area contributed by atoms with Gasteiger partial charge in [-0.2, -0.15) is 4.98 Å². The molecule has 0 unspecified atom stereocenters. The van der Waals surface area contributed by atoms with Crippen molar-refractivity contribution >= 4 is 17.6 Å².